The fourth-order valence-electron chi connectivity index (χ4n) is 0.424. The second-order valence-corrected chi connectivity index (χ2v) is 1.51. The molecule has 0 aromatic carbocycles. The van der Waals surface area contributed by atoms with Gasteiger partial charge in [-0.3, -0.25) is 4.99 Å². The van der Waals surface area contributed by atoms with E-state index in [-0.39, 0.29) is 0 Å². The first-order valence-electron chi connectivity index (χ1n) is 2.17. The molecular weight excluding hydrogens is 88.1 g/mol. The Morgan fingerprint density at radius 2 is 2.71 bits per heavy atom. The highest BCUT2D eigenvalue weighted by Gasteiger charge is 1.87. The predicted octanol–water partition coefficient (Wildman–Crippen LogP) is 0.277. The number of nitrogens with zero attached hydrogens (tertiary/aromatic N) is 2. The van der Waals surface area contributed by atoms with Gasteiger partial charge >= 0.3 is 0 Å². The molecule has 0 saturated carbocycles. The summed E-state index contributed by atoms with van der Waals surface area (Å²) < 4.78 is 0. The van der Waals surface area contributed by atoms with E-state index in [9.17, 15) is 0 Å². The third kappa shape index (κ3) is 1.03. The standard InChI is InChI=1S/C5H7N2/c1-7-4-2-3-6-5-7/h3-4H,5H2,1H3. The molecule has 0 bridgehead atoms. The lowest BCUT2D eigenvalue weighted by molar-refractivity contribution is 0.468. The lowest BCUT2D eigenvalue weighted by Gasteiger charge is -2.10. The SMILES string of the molecule is CN1C=[C]C=NC1. The van der Waals surface area contributed by atoms with Crippen LogP contribution in [0.1, 0.15) is 0 Å². The Morgan fingerprint density at radius 3 is 3.00 bits per heavy atom. The first-order valence-corrected chi connectivity index (χ1v) is 2.17. The fraction of sp³-hybridized carbons (Fsp3) is 0.400. The van der Waals surface area contributed by atoms with Crippen molar-refractivity contribution in [2.24, 2.45) is 4.99 Å². The van der Waals surface area contributed by atoms with E-state index < -0.39 is 0 Å². The van der Waals surface area contributed by atoms with E-state index in [1.807, 2.05) is 18.1 Å². The topological polar surface area (TPSA) is 15.6 Å². The third-order valence-corrected chi connectivity index (χ3v) is 0.765. The Bertz CT molecular complexity index is 105. The van der Waals surface area contributed by atoms with Gasteiger partial charge in [0.2, 0.25) is 0 Å². The van der Waals surface area contributed by atoms with Crippen molar-refractivity contribution in [3.05, 3.63) is 12.3 Å². The van der Waals surface area contributed by atoms with Crippen molar-refractivity contribution < 1.29 is 0 Å². The second-order valence-electron chi connectivity index (χ2n) is 1.51. The molecule has 0 aliphatic carbocycles. The number of allylic oxidation sites excluding steroid dienone is 1. The Kier molecular flexibility index (Phi) is 1.11. The lowest BCUT2D eigenvalue weighted by atomic mass is 10.6. The molecule has 2 nitrogen and oxygen atoms in total. The van der Waals surface area contributed by atoms with Crippen LogP contribution >= 0.6 is 0 Å². The van der Waals surface area contributed by atoms with Crippen molar-refractivity contribution in [1.29, 1.82) is 0 Å². The Morgan fingerprint density at radius 1 is 1.86 bits per heavy atom. The highest BCUT2D eigenvalue weighted by molar-refractivity contribution is 5.66. The first-order chi connectivity index (χ1) is 3.39. The smallest absolute Gasteiger partial charge is 0.109 e. The number of aliphatic imine (C=N–C) groups is 1. The van der Waals surface area contributed by atoms with Crippen molar-refractivity contribution >= 4 is 6.21 Å². The third-order valence-electron chi connectivity index (χ3n) is 0.765. The van der Waals surface area contributed by atoms with Crippen LogP contribution < -0.4 is 0 Å². The van der Waals surface area contributed by atoms with E-state index in [1.165, 1.54) is 0 Å². The van der Waals surface area contributed by atoms with Gasteiger partial charge in [-0.05, 0) is 0 Å². The molecule has 2 heteroatoms. The summed E-state index contributed by atoms with van der Waals surface area (Å²) in [6.45, 7) is 0.771. The zero-order chi connectivity index (χ0) is 5.11. The summed E-state index contributed by atoms with van der Waals surface area (Å²) in [6, 6.07) is 0. The molecule has 0 N–H and O–H groups in total. The van der Waals surface area contributed by atoms with Gasteiger partial charge in [-0.1, -0.05) is 0 Å². The lowest BCUT2D eigenvalue weighted by Crippen LogP contribution is -2.12. The summed E-state index contributed by atoms with van der Waals surface area (Å²) in [5.41, 5.74) is 0. The maximum Gasteiger partial charge on any atom is 0.109 e. The van der Waals surface area contributed by atoms with Crippen LogP contribution in [0.25, 0.3) is 0 Å². The molecule has 1 aliphatic heterocycles. The van der Waals surface area contributed by atoms with Crippen molar-refractivity contribution in [2.45, 2.75) is 0 Å². The van der Waals surface area contributed by atoms with Crippen LogP contribution in [-0.2, 0) is 0 Å². The Balaban J connectivity index is 2.49. The van der Waals surface area contributed by atoms with E-state index in [2.05, 4.69) is 11.1 Å². The van der Waals surface area contributed by atoms with Crippen LogP contribution in [0, 0.1) is 6.08 Å². The van der Waals surface area contributed by atoms with Crippen molar-refractivity contribution in [2.75, 3.05) is 13.7 Å². The average Bonchev–Trinajstić information content (AvgIpc) is 1.69. The van der Waals surface area contributed by atoms with Gasteiger partial charge in [-0.2, -0.15) is 0 Å². The van der Waals surface area contributed by atoms with Gasteiger partial charge < -0.3 is 4.90 Å². The molecule has 0 aromatic heterocycles. The summed E-state index contributed by atoms with van der Waals surface area (Å²) in [5.74, 6) is 0. The summed E-state index contributed by atoms with van der Waals surface area (Å²) in [5, 5.41) is 0. The fourth-order valence-corrected chi connectivity index (χ4v) is 0.424. The van der Waals surface area contributed by atoms with Gasteiger partial charge in [0, 0.05) is 25.5 Å². The zero-order valence-electron chi connectivity index (χ0n) is 4.26. The van der Waals surface area contributed by atoms with E-state index in [0.29, 0.717) is 0 Å². The van der Waals surface area contributed by atoms with Crippen LogP contribution in [0.3, 0.4) is 0 Å². The van der Waals surface area contributed by atoms with E-state index in [4.69, 9.17) is 0 Å². The molecule has 0 unspecified atom stereocenters. The molecule has 7 heavy (non-hydrogen) atoms. The minimum Gasteiger partial charge on any atom is -0.361 e. The molecule has 1 radical (unpaired) electrons. The van der Waals surface area contributed by atoms with Gasteiger partial charge in [0.05, 0.1) is 0 Å². The van der Waals surface area contributed by atoms with Gasteiger partial charge in [-0.25, -0.2) is 0 Å². The van der Waals surface area contributed by atoms with E-state index in [0.717, 1.165) is 6.67 Å². The molecule has 1 heterocycles. The molecule has 0 fully saturated rings. The zero-order valence-corrected chi connectivity index (χ0v) is 4.26. The minimum absolute atomic E-state index is 0.771. The van der Waals surface area contributed by atoms with E-state index in [1.54, 1.807) is 6.21 Å². The molecule has 0 spiro atoms. The molecule has 1 rings (SSSR count). The molecule has 0 atom stereocenters. The van der Waals surface area contributed by atoms with Crippen molar-refractivity contribution in [1.82, 2.24) is 4.90 Å². The van der Waals surface area contributed by atoms with Crippen LogP contribution in [-0.4, -0.2) is 24.8 Å². The quantitative estimate of drug-likeness (QED) is 0.422. The Labute approximate surface area is 43.2 Å². The van der Waals surface area contributed by atoms with Gasteiger partial charge in [0.1, 0.15) is 6.67 Å². The largest absolute Gasteiger partial charge is 0.361 e. The second kappa shape index (κ2) is 1.78. The average molecular weight is 95.1 g/mol. The van der Waals surface area contributed by atoms with Gasteiger partial charge in [-0.15, -0.1) is 0 Å². The summed E-state index contributed by atoms with van der Waals surface area (Å²) in [6.07, 6.45) is 6.39. The summed E-state index contributed by atoms with van der Waals surface area (Å²) >= 11 is 0. The van der Waals surface area contributed by atoms with Crippen molar-refractivity contribution in [3.63, 3.8) is 0 Å². The Hall–Kier alpha value is -0.790. The summed E-state index contributed by atoms with van der Waals surface area (Å²) in [4.78, 5) is 5.88. The molecule has 0 saturated heterocycles. The number of rotatable bonds is 0. The maximum atomic E-state index is 3.92. The van der Waals surface area contributed by atoms with Gasteiger partial charge in [0.15, 0.2) is 0 Å². The molecule has 0 aromatic rings. The highest BCUT2D eigenvalue weighted by Crippen LogP contribution is 1.86. The highest BCUT2D eigenvalue weighted by atomic mass is 15.2. The molecule has 1 aliphatic rings. The normalized spacial score (nSPS) is 18.1. The molecule has 0 amide bonds. The van der Waals surface area contributed by atoms with Gasteiger partial charge in [0.25, 0.3) is 0 Å². The number of hydrogen-bond acceptors (Lipinski definition) is 2. The van der Waals surface area contributed by atoms with Crippen LogP contribution in [0.15, 0.2) is 11.2 Å². The number of hydrogen-bond donors (Lipinski definition) is 0. The van der Waals surface area contributed by atoms with Crippen LogP contribution in [0.5, 0.6) is 0 Å². The summed E-state index contributed by atoms with van der Waals surface area (Å²) in [7, 11) is 1.96. The first kappa shape index (κ1) is 4.37. The predicted molar refractivity (Wildman–Crippen MR) is 28.9 cm³/mol. The van der Waals surface area contributed by atoms with E-state index >= 15 is 0 Å². The molecular formula is C5H7N2. The van der Waals surface area contributed by atoms with Crippen LogP contribution in [0.2, 0.25) is 0 Å². The van der Waals surface area contributed by atoms with Crippen LogP contribution in [0.4, 0.5) is 0 Å². The minimum atomic E-state index is 0.771. The maximum absolute atomic E-state index is 3.92. The monoisotopic (exact) mass is 95.1 g/mol. The van der Waals surface area contributed by atoms with Crippen molar-refractivity contribution in [3.8, 4) is 0 Å². The molecule has 37 valence electrons.